The van der Waals surface area contributed by atoms with Gasteiger partial charge in [0.1, 0.15) is 6.29 Å². The minimum Gasteiger partial charge on any atom is -0.487 e. The Balaban J connectivity index is 4.11. The summed E-state index contributed by atoms with van der Waals surface area (Å²) >= 11 is 0. The maximum absolute atomic E-state index is 10.1. The van der Waals surface area contributed by atoms with E-state index in [1.807, 2.05) is 0 Å². The predicted molar refractivity (Wildman–Crippen MR) is 33.4 cm³/mol. The summed E-state index contributed by atoms with van der Waals surface area (Å²) in [7, 11) is 0. The van der Waals surface area contributed by atoms with E-state index >= 15 is 0 Å². The number of carbonyl (C=O) groups excluding carboxylic acids is 1. The molecule has 0 spiro atoms. The lowest BCUT2D eigenvalue weighted by Crippen LogP contribution is -2.04. The van der Waals surface area contributed by atoms with E-state index in [0.29, 0.717) is 6.29 Å². The van der Waals surface area contributed by atoms with Gasteiger partial charge < -0.3 is 9.84 Å². The summed E-state index contributed by atoms with van der Waals surface area (Å²) in [5.74, 6) is -1.55. The van der Waals surface area contributed by atoms with Crippen LogP contribution in [0.2, 0.25) is 0 Å². The Bertz CT molecular complexity index is 159. The molecular weight excluding hydrogens is 136 g/mol. The van der Waals surface area contributed by atoms with Gasteiger partial charge in [-0.25, -0.2) is 4.79 Å². The second kappa shape index (κ2) is 4.55. The third-order valence-corrected chi connectivity index (χ3v) is 0.730. The molecule has 0 saturated carbocycles. The molecule has 0 amide bonds. The predicted octanol–water partition coefficient (Wildman–Crippen LogP) is 0.190. The molecule has 0 aliphatic heterocycles. The van der Waals surface area contributed by atoms with Crippen molar-refractivity contribution in [1.29, 1.82) is 0 Å². The van der Waals surface area contributed by atoms with Crippen molar-refractivity contribution in [3.63, 3.8) is 0 Å². The minimum absolute atomic E-state index is 0.242. The first-order chi connectivity index (χ1) is 4.72. The van der Waals surface area contributed by atoms with E-state index in [1.54, 1.807) is 6.92 Å². The molecular formula is C6H8O4. The standard InChI is InChI=1S/C6H8O4/c1-2-10-5(3-4-7)6(8)9/h3-4H,2H2,1H3,(H,8,9). The number of carboxylic acids is 1. The smallest absolute Gasteiger partial charge is 0.371 e. The van der Waals surface area contributed by atoms with Crippen molar-refractivity contribution in [3.8, 4) is 0 Å². The van der Waals surface area contributed by atoms with Crippen LogP contribution in [-0.2, 0) is 14.3 Å². The van der Waals surface area contributed by atoms with Crippen LogP contribution in [0.25, 0.3) is 0 Å². The average molecular weight is 144 g/mol. The summed E-state index contributed by atoms with van der Waals surface area (Å²) in [5, 5.41) is 8.28. The zero-order chi connectivity index (χ0) is 7.98. The fraction of sp³-hybridized carbons (Fsp3) is 0.333. The van der Waals surface area contributed by atoms with Crippen molar-refractivity contribution in [2.75, 3.05) is 6.61 Å². The number of hydrogen-bond donors (Lipinski definition) is 1. The molecule has 0 atom stereocenters. The number of aliphatic carboxylic acids is 1. The Morgan fingerprint density at radius 2 is 2.30 bits per heavy atom. The number of carbonyl (C=O) groups is 2. The summed E-state index contributed by atoms with van der Waals surface area (Å²) in [6, 6.07) is 0. The molecule has 0 aliphatic rings. The Labute approximate surface area is 58.1 Å². The van der Waals surface area contributed by atoms with E-state index in [1.165, 1.54) is 0 Å². The lowest BCUT2D eigenvalue weighted by molar-refractivity contribution is -0.136. The number of ether oxygens (including phenoxy) is 1. The second-order valence-corrected chi connectivity index (χ2v) is 1.41. The number of allylic oxidation sites excluding steroid dienone is 1. The molecule has 0 heterocycles. The van der Waals surface area contributed by atoms with Gasteiger partial charge in [-0.15, -0.1) is 0 Å². The zero-order valence-electron chi connectivity index (χ0n) is 5.53. The van der Waals surface area contributed by atoms with Gasteiger partial charge in [-0.3, -0.25) is 4.79 Å². The monoisotopic (exact) mass is 144 g/mol. The molecule has 0 rings (SSSR count). The van der Waals surface area contributed by atoms with E-state index < -0.39 is 5.97 Å². The van der Waals surface area contributed by atoms with Crippen molar-refractivity contribution in [1.82, 2.24) is 0 Å². The molecule has 0 bridgehead atoms. The van der Waals surface area contributed by atoms with E-state index in [0.717, 1.165) is 6.08 Å². The van der Waals surface area contributed by atoms with E-state index in [2.05, 4.69) is 4.74 Å². The highest BCUT2D eigenvalue weighted by molar-refractivity contribution is 5.88. The molecule has 0 radical (unpaired) electrons. The normalized spacial score (nSPS) is 10.7. The quantitative estimate of drug-likeness (QED) is 0.347. The first-order valence-corrected chi connectivity index (χ1v) is 2.74. The number of carboxylic acid groups (broad SMARTS) is 1. The number of hydrogen-bond acceptors (Lipinski definition) is 3. The summed E-state index contributed by atoms with van der Waals surface area (Å²) in [5.41, 5.74) is 0. The summed E-state index contributed by atoms with van der Waals surface area (Å²) < 4.78 is 4.57. The molecule has 4 nitrogen and oxygen atoms in total. The van der Waals surface area contributed by atoms with Crippen LogP contribution in [0.1, 0.15) is 6.92 Å². The lowest BCUT2D eigenvalue weighted by atomic mass is 10.4. The number of aldehydes is 1. The van der Waals surface area contributed by atoms with Crippen LogP contribution in [0.3, 0.4) is 0 Å². The Kier molecular flexibility index (Phi) is 3.95. The summed E-state index contributed by atoms with van der Waals surface area (Å²) in [6.07, 6.45) is 1.24. The van der Waals surface area contributed by atoms with Crippen LogP contribution in [0.5, 0.6) is 0 Å². The number of rotatable bonds is 4. The molecule has 1 N–H and O–H groups in total. The molecule has 0 saturated heterocycles. The van der Waals surface area contributed by atoms with Crippen LogP contribution >= 0.6 is 0 Å². The molecule has 0 aromatic heterocycles. The molecule has 10 heavy (non-hydrogen) atoms. The minimum atomic E-state index is -1.23. The summed E-state index contributed by atoms with van der Waals surface area (Å²) in [6.45, 7) is 1.88. The van der Waals surface area contributed by atoms with Crippen LogP contribution in [0, 0.1) is 0 Å². The Morgan fingerprint density at radius 1 is 1.70 bits per heavy atom. The zero-order valence-corrected chi connectivity index (χ0v) is 5.53. The highest BCUT2D eigenvalue weighted by Crippen LogP contribution is 1.94. The highest BCUT2D eigenvalue weighted by Gasteiger charge is 2.05. The van der Waals surface area contributed by atoms with Crippen LogP contribution in [0.15, 0.2) is 11.8 Å². The van der Waals surface area contributed by atoms with Gasteiger partial charge in [0.25, 0.3) is 0 Å². The Morgan fingerprint density at radius 3 is 2.60 bits per heavy atom. The van der Waals surface area contributed by atoms with E-state index in [9.17, 15) is 9.59 Å². The molecule has 0 aliphatic carbocycles. The van der Waals surface area contributed by atoms with Gasteiger partial charge >= 0.3 is 5.97 Å². The topological polar surface area (TPSA) is 63.6 Å². The molecule has 4 heteroatoms. The average Bonchev–Trinajstić information content (AvgIpc) is 1.87. The van der Waals surface area contributed by atoms with Crippen molar-refractivity contribution >= 4 is 12.3 Å². The summed E-state index contributed by atoms with van der Waals surface area (Å²) in [4.78, 5) is 19.9. The van der Waals surface area contributed by atoms with Crippen molar-refractivity contribution in [2.24, 2.45) is 0 Å². The van der Waals surface area contributed by atoms with Gasteiger partial charge in [-0.05, 0) is 6.92 Å². The molecule has 56 valence electrons. The van der Waals surface area contributed by atoms with Crippen molar-refractivity contribution < 1.29 is 19.4 Å². The highest BCUT2D eigenvalue weighted by atomic mass is 16.5. The fourth-order valence-electron chi connectivity index (χ4n) is 0.398. The fourth-order valence-corrected chi connectivity index (χ4v) is 0.398. The maximum Gasteiger partial charge on any atom is 0.371 e. The lowest BCUT2D eigenvalue weighted by Gasteiger charge is -1.99. The third kappa shape index (κ3) is 2.86. The molecule has 0 aromatic rings. The van der Waals surface area contributed by atoms with Crippen molar-refractivity contribution in [3.05, 3.63) is 11.8 Å². The van der Waals surface area contributed by atoms with Gasteiger partial charge in [-0.1, -0.05) is 0 Å². The van der Waals surface area contributed by atoms with Crippen LogP contribution in [0.4, 0.5) is 0 Å². The van der Waals surface area contributed by atoms with Gasteiger partial charge in [-0.2, -0.15) is 0 Å². The largest absolute Gasteiger partial charge is 0.487 e. The maximum atomic E-state index is 10.1. The van der Waals surface area contributed by atoms with E-state index in [-0.39, 0.29) is 12.4 Å². The first-order valence-electron chi connectivity index (χ1n) is 2.74. The molecule has 0 aromatic carbocycles. The molecule has 0 fully saturated rings. The first kappa shape index (κ1) is 8.68. The van der Waals surface area contributed by atoms with Crippen molar-refractivity contribution in [2.45, 2.75) is 6.92 Å². The third-order valence-electron chi connectivity index (χ3n) is 0.730. The molecule has 0 unspecified atom stereocenters. The van der Waals surface area contributed by atoms with Gasteiger partial charge in [0.15, 0.2) is 0 Å². The van der Waals surface area contributed by atoms with Gasteiger partial charge in [0.2, 0.25) is 5.76 Å². The van der Waals surface area contributed by atoms with Crippen LogP contribution in [-0.4, -0.2) is 24.0 Å². The van der Waals surface area contributed by atoms with Gasteiger partial charge in [0.05, 0.1) is 6.61 Å². The van der Waals surface area contributed by atoms with E-state index in [4.69, 9.17) is 5.11 Å². The Hall–Kier alpha value is -1.32. The van der Waals surface area contributed by atoms with Crippen LogP contribution < -0.4 is 0 Å². The second-order valence-electron chi connectivity index (χ2n) is 1.41. The SMILES string of the molecule is CCOC(=CC=O)C(=O)O. The van der Waals surface area contributed by atoms with Gasteiger partial charge in [0, 0.05) is 6.08 Å².